The summed E-state index contributed by atoms with van der Waals surface area (Å²) in [5.74, 6) is 0.187. The van der Waals surface area contributed by atoms with Crippen LogP contribution in [0, 0.1) is 19.8 Å². The fourth-order valence-electron chi connectivity index (χ4n) is 4.27. The van der Waals surface area contributed by atoms with Gasteiger partial charge in [-0.2, -0.15) is 0 Å². The minimum absolute atomic E-state index is 0.0135. The highest BCUT2D eigenvalue weighted by Gasteiger charge is 2.35. The van der Waals surface area contributed by atoms with E-state index in [1.807, 2.05) is 36.7 Å². The van der Waals surface area contributed by atoms with E-state index < -0.39 is 0 Å². The Morgan fingerprint density at radius 3 is 2.72 bits per heavy atom. The van der Waals surface area contributed by atoms with Gasteiger partial charge >= 0.3 is 0 Å². The monoisotopic (exact) mass is 396 g/mol. The quantitative estimate of drug-likeness (QED) is 0.838. The third-order valence-corrected chi connectivity index (χ3v) is 6.20. The second-order valence-corrected chi connectivity index (χ2v) is 8.22. The second kappa shape index (κ2) is 8.31. The summed E-state index contributed by atoms with van der Waals surface area (Å²) >= 11 is 0. The summed E-state index contributed by atoms with van der Waals surface area (Å²) in [5, 5.41) is 15.0. The molecule has 0 bridgehead atoms. The number of hydrogen-bond acceptors (Lipinski definition) is 5. The number of amides is 2. The maximum atomic E-state index is 12.7. The van der Waals surface area contributed by atoms with Gasteiger partial charge in [0.05, 0.1) is 18.5 Å². The van der Waals surface area contributed by atoms with Crippen molar-refractivity contribution in [3.63, 3.8) is 0 Å². The lowest BCUT2D eigenvalue weighted by atomic mass is 9.95. The fourth-order valence-corrected chi connectivity index (χ4v) is 4.27. The first kappa shape index (κ1) is 19.5. The maximum Gasteiger partial charge on any atom is 0.227 e. The van der Waals surface area contributed by atoms with Crippen molar-refractivity contribution >= 4 is 17.5 Å². The van der Waals surface area contributed by atoms with Gasteiger partial charge in [-0.25, -0.2) is 4.68 Å². The van der Waals surface area contributed by atoms with Crippen molar-refractivity contribution in [2.75, 3.05) is 11.4 Å². The summed E-state index contributed by atoms with van der Waals surface area (Å²) in [5.41, 5.74) is 3.18. The van der Waals surface area contributed by atoms with E-state index in [1.165, 1.54) is 24.8 Å². The first-order chi connectivity index (χ1) is 14.0. The fraction of sp³-hybridized carbons (Fsp3) is 0.571. The Morgan fingerprint density at radius 2 is 1.97 bits per heavy atom. The van der Waals surface area contributed by atoms with E-state index in [9.17, 15) is 9.59 Å². The molecule has 1 unspecified atom stereocenters. The molecule has 1 saturated carbocycles. The lowest BCUT2D eigenvalue weighted by Crippen LogP contribution is -2.33. The molecular formula is C21H28N6O2. The molecule has 2 fully saturated rings. The Balaban J connectivity index is 1.37. The van der Waals surface area contributed by atoms with Gasteiger partial charge in [-0.05, 0) is 60.4 Å². The van der Waals surface area contributed by atoms with Crippen LogP contribution in [-0.2, 0) is 16.1 Å². The average molecular weight is 396 g/mol. The van der Waals surface area contributed by atoms with Gasteiger partial charge in [-0.1, -0.05) is 25.3 Å². The smallest absolute Gasteiger partial charge is 0.227 e. The van der Waals surface area contributed by atoms with Crippen LogP contribution in [0.1, 0.15) is 61.5 Å². The topological polar surface area (TPSA) is 93.0 Å². The summed E-state index contributed by atoms with van der Waals surface area (Å²) in [6.07, 6.45) is 6.02. The lowest BCUT2D eigenvalue weighted by Gasteiger charge is -2.22. The number of carbonyl (C=O) groups excluding carboxylic acids is 2. The van der Waals surface area contributed by atoms with E-state index in [2.05, 4.69) is 20.8 Å². The van der Waals surface area contributed by atoms with Crippen LogP contribution in [-0.4, -0.2) is 38.6 Å². The number of hydrogen-bond donors (Lipinski definition) is 1. The molecule has 1 atom stereocenters. The Morgan fingerprint density at radius 1 is 1.17 bits per heavy atom. The van der Waals surface area contributed by atoms with Crippen LogP contribution >= 0.6 is 0 Å². The Bertz CT molecular complexity index is 902. The molecule has 8 nitrogen and oxygen atoms in total. The van der Waals surface area contributed by atoms with Gasteiger partial charge in [-0.3, -0.25) is 9.59 Å². The molecular weight excluding hydrogens is 368 g/mol. The van der Waals surface area contributed by atoms with E-state index >= 15 is 0 Å². The number of tetrazole rings is 1. The van der Waals surface area contributed by atoms with Crippen LogP contribution < -0.4 is 10.2 Å². The molecule has 8 heteroatoms. The Labute approximate surface area is 170 Å². The molecule has 2 aliphatic rings. The minimum atomic E-state index is -0.358. The molecule has 1 aromatic heterocycles. The molecule has 4 rings (SSSR count). The highest BCUT2D eigenvalue weighted by molar-refractivity contribution is 6.00. The summed E-state index contributed by atoms with van der Waals surface area (Å²) in [6.45, 7) is 4.76. The van der Waals surface area contributed by atoms with Crippen molar-refractivity contribution in [2.45, 2.75) is 65.0 Å². The minimum Gasteiger partial charge on any atom is -0.348 e. The van der Waals surface area contributed by atoms with Crippen LogP contribution in [0.5, 0.6) is 0 Å². The molecule has 1 N–H and O–H groups in total. The van der Waals surface area contributed by atoms with Gasteiger partial charge < -0.3 is 10.2 Å². The van der Waals surface area contributed by atoms with Gasteiger partial charge in [0, 0.05) is 18.7 Å². The molecule has 1 aromatic carbocycles. The predicted octanol–water partition coefficient (Wildman–Crippen LogP) is 2.46. The third kappa shape index (κ3) is 4.16. The number of rotatable bonds is 5. The molecule has 2 heterocycles. The second-order valence-electron chi connectivity index (χ2n) is 8.22. The first-order valence-electron chi connectivity index (χ1n) is 10.4. The van der Waals surface area contributed by atoms with Crippen molar-refractivity contribution in [3.8, 4) is 0 Å². The number of nitrogens with one attached hydrogen (secondary N) is 1. The number of carbonyl (C=O) groups is 2. The number of aryl methyl sites for hydroxylation is 2. The lowest BCUT2D eigenvalue weighted by molar-refractivity contribution is -0.126. The number of benzene rings is 1. The number of aromatic nitrogens is 4. The van der Waals surface area contributed by atoms with Crippen LogP contribution in [0.4, 0.5) is 5.69 Å². The molecule has 154 valence electrons. The zero-order chi connectivity index (χ0) is 20.4. The number of anilines is 1. The summed E-state index contributed by atoms with van der Waals surface area (Å²) in [6, 6.07) is 6.28. The van der Waals surface area contributed by atoms with Crippen molar-refractivity contribution in [3.05, 3.63) is 35.2 Å². The summed E-state index contributed by atoms with van der Waals surface area (Å²) < 4.78 is 1.86. The van der Waals surface area contributed by atoms with Crippen molar-refractivity contribution < 1.29 is 9.59 Å². The molecule has 2 amide bonds. The van der Waals surface area contributed by atoms with Crippen LogP contribution in [0.25, 0.3) is 0 Å². The van der Waals surface area contributed by atoms with Gasteiger partial charge in [-0.15, -0.1) is 5.10 Å². The molecule has 1 saturated heterocycles. The molecule has 0 spiro atoms. The van der Waals surface area contributed by atoms with E-state index in [1.54, 1.807) is 4.90 Å². The number of nitrogens with zero attached hydrogens (tertiary/aromatic N) is 5. The zero-order valence-electron chi connectivity index (χ0n) is 17.1. The van der Waals surface area contributed by atoms with E-state index in [-0.39, 0.29) is 30.7 Å². The Kier molecular flexibility index (Phi) is 5.60. The molecule has 2 aromatic rings. The van der Waals surface area contributed by atoms with E-state index in [0.717, 1.165) is 24.1 Å². The SMILES string of the molecule is Cc1ccc(N2CC(C(=O)NCc3nnnn3C3CCCCC3)CC2=O)cc1C. The highest BCUT2D eigenvalue weighted by Crippen LogP contribution is 2.28. The van der Waals surface area contributed by atoms with Crippen molar-refractivity contribution in [1.82, 2.24) is 25.5 Å². The normalized spacial score (nSPS) is 20.3. The Hall–Kier alpha value is -2.77. The van der Waals surface area contributed by atoms with Gasteiger partial charge in [0.2, 0.25) is 11.8 Å². The van der Waals surface area contributed by atoms with Crippen LogP contribution in [0.3, 0.4) is 0 Å². The average Bonchev–Trinajstić information content (AvgIpc) is 3.35. The van der Waals surface area contributed by atoms with Gasteiger partial charge in [0.15, 0.2) is 5.82 Å². The van der Waals surface area contributed by atoms with Crippen LogP contribution in [0.15, 0.2) is 18.2 Å². The molecule has 29 heavy (non-hydrogen) atoms. The van der Waals surface area contributed by atoms with E-state index in [4.69, 9.17) is 0 Å². The third-order valence-electron chi connectivity index (χ3n) is 6.20. The highest BCUT2D eigenvalue weighted by atomic mass is 16.2. The summed E-state index contributed by atoms with van der Waals surface area (Å²) in [4.78, 5) is 26.9. The van der Waals surface area contributed by atoms with Crippen LogP contribution in [0.2, 0.25) is 0 Å². The van der Waals surface area contributed by atoms with Crippen molar-refractivity contribution in [2.24, 2.45) is 5.92 Å². The standard InChI is InChI=1S/C21H28N6O2/c1-14-8-9-18(10-15(14)2)26-13-16(11-20(26)28)21(29)22-12-19-23-24-25-27(19)17-6-4-3-5-7-17/h8-10,16-17H,3-7,11-13H2,1-2H3,(H,22,29). The van der Waals surface area contributed by atoms with Crippen molar-refractivity contribution in [1.29, 1.82) is 0 Å². The largest absolute Gasteiger partial charge is 0.348 e. The first-order valence-corrected chi connectivity index (χ1v) is 10.4. The molecule has 1 aliphatic carbocycles. The maximum absolute atomic E-state index is 12.7. The van der Waals surface area contributed by atoms with Gasteiger partial charge in [0.1, 0.15) is 0 Å². The molecule has 1 aliphatic heterocycles. The summed E-state index contributed by atoms with van der Waals surface area (Å²) in [7, 11) is 0. The van der Waals surface area contributed by atoms with E-state index in [0.29, 0.717) is 18.4 Å². The molecule has 0 radical (unpaired) electrons. The predicted molar refractivity (Wildman–Crippen MR) is 108 cm³/mol. The van der Waals surface area contributed by atoms with Gasteiger partial charge in [0.25, 0.3) is 0 Å². The zero-order valence-corrected chi connectivity index (χ0v) is 17.1.